The van der Waals surface area contributed by atoms with E-state index in [-0.39, 0.29) is 11.8 Å². The van der Waals surface area contributed by atoms with E-state index in [0.29, 0.717) is 19.4 Å². The zero-order valence-corrected chi connectivity index (χ0v) is 13.3. The lowest BCUT2D eigenvalue weighted by atomic mass is 9.85. The van der Waals surface area contributed by atoms with Crippen molar-refractivity contribution in [3.63, 3.8) is 0 Å². The first-order chi connectivity index (χ1) is 9.94. The Morgan fingerprint density at radius 3 is 2.24 bits per heavy atom. The number of nitrogens with one attached hydrogen (secondary N) is 1. The number of hydrogen-bond donors (Lipinski definition) is 1. The molecule has 1 heterocycles. The van der Waals surface area contributed by atoms with Crippen LogP contribution in [0.5, 0.6) is 0 Å². The van der Waals surface area contributed by atoms with Gasteiger partial charge in [0.15, 0.2) is 0 Å². The van der Waals surface area contributed by atoms with Crippen molar-refractivity contribution in [2.24, 2.45) is 0 Å². The van der Waals surface area contributed by atoms with Gasteiger partial charge in [-0.2, -0.15) is 0 Å². The highest BCUT2D eigenvalue weighted by atomic mass is 16.2. The minimum absolute atomic E-state index is 0.00104. The number of piperazine rings is 1. The van der Waals surface area contributed by atoms with Crippen molar-refractivity contribution in [1.29, 1.82) is 0 Å². The second-order valence-corrected chi connectivity index (χ2v) is 5.84. The molecule has 1 saturated heterocycles. The van der Waals surface area contributed by atoms with Gasteiger partial charge in [-0.3, -0.25) is 9.59 Å². The maximum atomic E-state index is 12.6. The molecule has 4 heteroatoms. The van der Waals surface area contributed by atoms with Crippen molar-refractivity contribution in [2.75, 3.05) is 0 Å². The Morgan fingerprint density at radius 1 is 1.14 bits per heavy atom. The Balaban J connectivity index is 2.36. The summed E-state index contributed by atoms with van der Waals surface area (Å²) in [4.78, 5) is 26.8. The van der Waals surface area contributed by atoms with Crippen LogP contribution in [0.25, 0.3) is 0 Å². The first kappa shape index (κ1) is 15.5. The highest BCUT2D eigenvalue weighted by molar-refractivity contribution is 5.99. The van der Waals surface area contributed by atoms with Gasteiger partial charge in [0.2, 0.25) is 11.8 Å². The van der Waals surface area contributed by atoms with Gasteiger partial charge >= 0.3 is 0 Å². The van der Waals surface area contributed by atoms with E-state index >= 15 is 0 Å². The number of nitrogens with zero attached hydrogens (tertiary/aromatic N) is 1. The van der Waals surface area contributed by atoms with E-state index in [0.717, 1.165) is 5.56 Å². The smallest absolute Gasteiger partial charge is 0.246 e. The summed E-state index contributed by atoms with van der Waals surface area (Å²) in [6.45, 7) is 8.20. The van der Waals surface area contributed by atoms with Crippen molar-refractivity contribution in [1.82, 2.24) is 10.2 Å². The Hall–Kier alpha value is -1.84. The molecule has 1 fully saturated rings. The van der Waals surface area contributed by atoms with E-state index < -0.39 is 11.6 Å². The maximum Gasteiger partial charge on any atom is 0.246 e. The summed E-state index contributed by atoms with van der Waals surface area (Å²) < 4.78 is 0. The van der Waals surface area contributed by atoms with Crippen molar-refractivity contribution in [3.8, 4) is 0 Å². The fourth-order valence-electron chi connectivity index (χ4n) is 3.02. The average Bonchev–Trinajstić information content (AvgIpc) is 2.48. The van der Waals surface area contributed by atoms with Gasteiger partial charge in [-0.15, -0.1) is 0 Å². The van der Waals surface area contributed by atoms with Crippen LogP contribution in [0, 0.1) is 6.92 Å². The summed E-state index contributed by atoms with van der Waals surface area (Å²) >= 11 is 0. The van der Waals surface area contributed by atoms with Crippen molar-refractivity contribution >= 4 is 11.8 Å². The lowest BCUT2D eigenvalue weighted by Crippen LogP contribution is -2.69. The third-order valence-corrected chi connectivity index (χ3v) is 4.55. The molecule has 2 amide bonds. The molecule has 2 rings (SSSR count). The van der Waals surface area contributed by atoms with Crippen LogP contribution in [0.2, 0.25) is 0 Å². The molecule has 0 aromatic heterocycles. The molecule has 1 aromatic carbocycles. The molecule has 21 heavy (non-hydrogen) atoms. The van der Waals surface area contributed by atoms with E-state index in [1.807, 2.05) is 45.0 Å². The van der Waals surface area contributed by atoms with E-state index in [2.05, 4.69) is 5.32 Å². The van der Waals surface area contributed by atoms with Crippen LogP contribution in [0.3, 0.4) is 0 Å². The predicted molar refractivity (Wildman–Crippen MR) is 82.6 cm³/mol. The van der Waals surface area contributed by atoms with Gasteiger partial charge in [0.05, 0.1) is 0 Å². The molecule has 4 nitrogen and oxygen atoms in total. The molecular weight excluding hydrogens is 264 g/mol. The highest BCUT2D eigenvalue weighted by Crippen LogP contribution is 2.30. The Labute approximate surface area is 126 Å². The molecular formula is C17H24N2O2. The minimum atomic E-state index is -0.728. The molecule has 1 atom stereocenters. The Bertz CT molecular complexity index is 532. The fourth-order valence-corrected chi connectivity index (χ4v) is 3.02. The SMILES string of the molecule is CCC1(CC)C(=O)NC(C)C(=O)N1Cc1ccc(C)cc1. The molecule has 114 valence electrons. The fraction of sp³-hybridized carbons (Fsp3) is 0.529. The topological polar surface area (TPSA) is 49.4 Å². The van der Waals surface area contributed by atoms with Gasteiger partial charge in [0, 0.05) is 6.54 Å². The Morgan fingerprint density at radius 2 is 1.71 bits per heavy atom. The largest absolute Gasteiger partial charge is 0.343 e. The summed E-state index contributed by atoms with van der Waals surface area (Å²) in [6, 6.07) is 7.67. The van der Waals surface area contributed by atoms with Gasteiger partial charge in [0.1, 0.15) is 11.6 Å². The van der Waals surface area contributed by atoms with Crippen LogP contribution in [0.1, 0.15) is 44.7 Å². The summed E-state index contributed by atoms with van der Waals surface area (Å²) in [7, 11) is 0. The van der Waals surface area contributed by atoms with E-state index in [4.69, 9.17) is 0 Å². The van der Waals surface area contributed by atoms with Crippen LogP contribution in [0.15, 0.2) is 24.3 Å². The van der Waals surface area contributed by atoms with Gasteiger partial charge in [-0.25, -0.2) is 0 Å². The van der Waals surface area contributed by atoms with Crippen molar-refractivity contribution < 1.29 is 9.59 Å². The standard InChI is InChI=1S/C17H24N2O2/c1-5-17(6-2)16(21)18-13(4)15(20)19(17)11-14-9-7-12(3)8-10-14/h7-10,13H,5-6,11H2,1-4H3,(H,18,21). The van der Waals surface area contributed by atoms with Gasteiger partial charge < -0.3 is 10.2 Å². The van der Waals surface area contributed by atoms with Crippen LogP contribution in [-0.4, -0.2) is 28.3 Å². The van der Waals surface area contributed by atoms with Gasteiger partial charge in [-0.05, 0) is 32.3 Å². The van der Waals surface area contributed by atoms with E-state index in [1.165, 1.54) is 5.56 Å². The zero-order valence-electron chi connectivity index (χ0n) is 13.3. The minimum Gasteiger partial charge on any atom is -0.343 e. The normalized spacial score (nSPS) is 21.3. The molecule has 0 radical (unpaired) electrons. The van der Waals surface area contributed by atoms with Crippen molar-refractivity contribution in [2.45, 2.75) is 58.7 Å². The van der Waals surface area contributed by atoms with Gasteiger partial charge in [-0.1, -0.05) is 43.7 Å². The molecule has 0 aliphatic carbocycles. The number of amides is 2. The molecule has 0 bridgehead atoms. The number of carbonyl (C=O) groups excluding carboxylic acids is 2. The maximum absolute atomic E-state index is 12.6. The molecule has 1 N–H and O–H groups in total. The second-order valence-electron chi connectivity index (χ2n) is 5.84. The van der Waals surface area contributed by atoms with Gasteiger partial charge in [0.25, 0.3) is 0 Å². The molecule has 0 spiro atoms. The average molecular weight is 288 g/mol. The highest BCUT2D eigenvalue weighted by Gasteiger charge is 2.48. The number of rotatable bonds is 4. The van der Waals surface area contributed by atoms with Crippen LogP contribution in [-0.2, 0) is 16.1 Å². The third-order valence-electron chi connectivity index (χ3n) is 4.55. The van der Waals surface area contributed by atoms with Crippen molar-refractivity contribution in [3.05, 3.63) is 35.4 Å². The molecule has 1 aliphatic heterocycles. The number of benzene rings is 1. The first-order valence-electron chi connectivity index (χ1n) is 7.62. The number of aryl methyl sites for hydroxylation is 1. The lowest BCUT2D eigenvalue weighted by molar-refractivity contribution is -0.158. The summed E-state index contributed by atoms with van der Waals surface area (Å²) in [5, 5.41) is 2.82. The monoisotopic (exact) mass is 288 g/mol. The number of hydrogen-bond acceptors (Lipinski definition) is 2. The second kappa shape index (κ2) is 5.88. The van der Waals surface area contributed by atoms with Crippen LogP contribution in [0.4, 0.5) is 0 Å². The van der Waals surface area contributed by atoms with E-state index in [1.54, 1.807) is 11.8 Å². The van der Waals surface area contributed by atoms with E-state index in [9.17, 15) is 9.59 Å². The lowest BCUT2D eigenvalue weighted by Gasteiger charge is -2.47. The third kappa shape index (κ3) is 2.67. The molecule has 1 unspecified atom stereocenters. The quantitative estimate of drug-likeness (QED) is 0.925. The zero-order chi connectivity index (χ0) is 15.6. The summed E-state index contributed by atoms with van der Waals surface area (Å²) in [5.41, 5.74) is 1.52. The molecule has 1 aliphatic rings. The van der Waals surface area contributed by atoms with Crippen LogP contribution >= 0.6 is 0 Å². The predicted octanol–water partition coefficient (Wildman–Crippen LogP) is 2.40. The Kier molecular flexibility index (Phi) is 4.35. The summed E-state index contributed by atoms with van der Waals surface area (Å²) in [6.07, 6.45) is 1.25. The number of carbonyl (C=O) groups is 2. The first-order valence-corrected chi connectivity index (χ1v) is 7.62. The molecule has 0 saturated carbocycles. The summed E-state index contributed by atoms with van der Waals surface area (Å²) in [5.74, 6) is -0.0365. The molecule has 1 aromatic rings. The van der Waals surface area contributed by atoms with Crippen LogP contribution < -0.4 is 5.32 Å².